The second kappa shape index (κ2) is 7.93. The molecule has 0 unspecified atom stereocenters. The Morgan fingerprint density at radius 2 is 1.83 bits per heavy atom. The summed E-state index contributed by atoms with van der Waals surface area (Å²) in [6.45, 7) is 1.47. The predicted octanol–water partition coefficient (Wildman–Crippen LogP) is 1.84. The fourth-order valence-corrected chi connectivity index (χ4v) is 3.83. The number of benzene rings is 1. The van der Waals surface area contributed by atoms with Gasteiger partial charge in [0.2, 0.25) is 0 Å². The van der Waals surface area contributed by atoms with Crippen molar-refractivity contribution in [1.82, 2.24) is 10.2 Å². The molecule has 1 aromatic rings. The van der Waals surface area contributed by atoms with Crippen molar-refractivity contribution in [3.63, 3.8) is 0 Å². The molecule has 0 aliphatic heterocycles. The number of sulfone groups is 1. The first-order valence-corrected chi connectivity index (χ1v) is 10.2. The van der Waals surface area contributed by atoms with Gasteiger partial charge in [-0.2, -0.15) is 0 Å². The van der Waals surface area contributed by atoms with Gasteiger partial charge in [-0.3, -0.25) is 4.79 Å². The van der Waals surface area contributed by atoms with E-state index in [1.807, 2.05) is 0 Å². The average Bonchev–Trinajstić information content (AvgIpc) is 3.00. The predicted molar refractivity (Wildman–Crippen MR) is 92.2 cm³/mol. The highest BCUT2D eigenvalue weighted by molar-refractivity contribution is 7.89. The zero-order valence-electron chi connectivity index (χ0n) is 13.9. The van der Waals surface area contributed by atoms with Gasteiger partial charge in [0.1, 0.15) is 0 Å². The number of hydrogen-bond acceptors (Lipinski definition) is 4. The smallest absolute Gasteiger partial charge is 0.251 e. The zero-order chi connectivity index (χ0) is 16.9. The minimum atomic E-state index is -3.05. The second-order valence-corrected chi connectivity index (χ2v) is 8.58. The Morgan fingerprint density at radius 1 is 1.22 bits per heavy atom. The molecule has 1 aliphatic carbocycles. The van der Waals surface area contributed by atoms with Crippen molar-refractivity contribution in [2.24, 2.45) is 0 Å². The second-order valence-electron chi connectivity index (χ2n) is 6.44. The van der Waals surface area contributed by atoms with Gasteiger partial charge in [-0.05, 0) is 37.6 Å². The van der Waals surface area contributed by atoms with E-state index in [0.717, 1.165) is 6.54 Å². The zero-order valence-corrected chi connectivity index (χ0v) is 14.7. The highest BCUT2D eigenvalue weighted by atomic mass is 32.2. The van der Waals surface area contributed by atoms with Gasteiger partial charge in [0.25, 0.3) is 5.91 Å². The van der Waals surface area contributed by atoms with E-state index < -0.39 is 9.84 Å². The number of likely N-dealkylation sites (N-methyl/N-ethyl adjacent to an activating group) is 1. The van der Waals surface area contributed by atoms with Gasteiger partial charge >= 0.3 is 0 Å². The Bertz CT molecular complexity index is 620. The molecule has 0 atom stereocenters. The van der Waals surface area contributed by atoms with E-state index in [1.54, 1.807) is 24.3 Å². The molecule has 1 aliphatic rings. The van der Waals surface area contributed by atoms with Gasteiger partial charge in [0.15, 0.2) is 9.84 Å². The molecule has 1 fully saturated rings. The number of carbonyl (C=O) groups is 1. The molecular formula is C17H26N2O3S. The Balaban J connectivity index is 1.79. The Morgan fingerprint density at radius 3 is 2.39 bits per heavy atom. The molecule has 0 bridgehead atoms. The van der Waals surface area contributed by atoms with Crippen molar-refractivity contribution in [1.29, 1.82) is 0 Å². The summed E-state index contributed by atoms with van der Waals surface area (Å²) in [6, 6.07) is 7.40. The minimum absolute atomic E-state index is 0.00107. The molecule has 0 spiro atoms. The summed E-state index contributed by atoms with van der Waals surface area (Å²) in [6.07, 6.45) is 6.33. The van der Waals surface area contributed by atoms with Crippen molar-refractivity contribution in [3.8, 4) is 0 Å². The lowest BCUT2D eigenvalue weighted by Gasteiger charge is -2.23. The quantitative estimate of drug-likeness (QED) is 0.824. The van der Waals surface area contributed by atoms with Crippen LogP contribution in [0, 0.1) is 0 Å². The van der Waals surface area contributed by atoms with Crippen LogP contribution in [0.5, 0.6) is 0 Å². The van der Waals surface area contributed by atoms with Crippen molar-refractivity contribution in [2.75, 3.05) is 26.4 Å². The van der Waals surface area contributed by atoms with E-state index >= 15 is 0 Å². The third-order valence-corrected chi connectivity index (χ3v) is 5.20. The van der Waals surface area contributed by atoms with Gasteiger partial charge in [0.05, 0.1) is 5.75 Å². The van der Waals surface area contributed by atoms with E-state index in [9.17, 15) is 13.2 Å². The van der Waals surface area contributed by atoms with Crippen LogP contribution in [0.4, 0.5) is 0 Å². The maximum Gasteiger partial charge on any atom is 0.251 e. The molecule has 0 saturated heterocycles. The first kappa shape index (κ1) is 17.9. The lowest BCUT2D eigenvalue weighted by Crippen LogP contribution is -2.37. The Hall–Kier alpha value is -1.40. The summed E-state index contributed by atoms with van der Waals surface area (Å²) < 4.78 is 22.5. The lowest BCUT2D eigenvalue weighted by atomic mass is 10.1. The van der Waals surface area contributed by atoms with E-state index in [0.29, 0.717) is 23.7 Å². The molecule has 23 heavy (non-hydrogen) atoms. The molecule has 5 nitrogen and oxygen atoms in total. The Labute approximate surface area is 139 Å². The normalized spacial score (nSPS) is 16.0. The third-order valence-electron chi connectivity index (χ3n) is 4.34. The van der Waals surface area contributed by atoms with Gasteiger partial charge in [-0.25, -0.2) is 8.42 Å². The summed E-state index contributed by atoms with van der Waals surface area (Å²) >= 11 is 0. The monoisotopic (exact) mass is 338 g/mol. The SMILES string of the molecule is CN(CCNC(=O)c1ccc(CS(C)(=O)=O)cc1)C1CCCC1. The third kappa shape index (κ3) is 5.95. The van der Waals surface area contributed by atoms with Crippen LogP contribution in [0.25, 0.3) is 0 Å². The molecule has 6 heteroatoms. The lowest BCUT2D eigenvalue weighted by molar-refractivity contribution is 0.0947. The number of nitrogens with zero attached hydrogens (tertiary/aromatic N) is 1. The summed E-state index contributed by atoms with van der Waals surface area (Å²) in [7, 11) is -0.935. The van der Waals surface area contributed by atoms with Crippen LogP contribution in [-0.2, 0) is 15.6 Å². The highest BCUT2D eigenvalue weighted by Crippen LogP contribution is 2.21. The molecule has 1 N–H and O–H groups in total. The number of hydrogen-bond donors (Lipinski definition) is 1. The molecule has 1 amide bonds. The molecule has 1 aromatic carbocycles. The van der Waals surface area contributed by atoms with Gasteiger partial charge in [-0.15, -0.1) is 0 Å². The molecule has 2 rings (SSSR count). The standard InChI is InChI=1S/C17H26N2O3S/c1-19(16-5-3-4-6-16)12-11-18-17(20)15-9-7-14(8-10-15)13-23(2,21)22/h7-10,16H,3-6,11-13H2,1-2H3,(H,18,20). The fourth-order valence-electron chi connectivity index (χ4n) is 3.03. The number of amides is 1. The number of rotatable bonds is 7. The average molecular weight is 338 g/mol. The molecule has 128 valence electrons. The van der Waals surface area contributed by atoms with Crippen LogP contribution in [0.3, 0.4) is 0 Å². The first-order valence-electron chi connectivity index (χ1n) is 8.10. The molecular weight excluding hydrogens is 312 g/mol. The van der Waals surface area contributed by atoms with Crippen molar-refractivity contribution in [2.45, 2.75) is 37.5 Å². The minimum Gasteiger partial charge on any atom is -0.351 e. The summed E-state index contributed by atoms with van der Waals surface area (Å²) in [5.74, 6) is -0.114. The highest BCUT2D eigenvalue weighted by Gasteiger charge is 2.19. The van der Waals surface area contributed by atoms with Crippen molar-refractivity contribution < 1.29 is 13.2 Å². The maximum absolute atomic E-state index is 12.1. The van der Waals surface area contributed by atoms with Crippen LogP contribution >= 0.6 is 0 Å². The van der Waals surface area contributed by atoms with E-state index in [4.69, 9.17) is 0 Å². The molecule has 1 saturated carbocycles. The summed E-state index contributed by atoms with van der Waals surface area (Å²) in [5, 5.41) is 2.92. The van der Waals surface area contributed by atoms with Crippen molar-refractivity contribution >= 4 is 15.7 Å². The fraction of sp³-hybridized carbons (Fsp3) is 0.588. The van der Waals surface area contributed by atoms with Crippen molar-refractivity contribution in [3.05, 3.63) is 35.4 Å². The summed E-state index contributed by atoms with van der Waals surface area (Å²) in [5.41, 5.74) is 1.26. The number of nitrogens with one attached hydrogen (secondary N) is 1. The van der Waals surface area contributed by atoms with Crippen LogP contribution in [0.2, 0.25) is 0 Å². The molecule has 0 heterocycles. The largest absolute Gasteiger partial charge is 0.351 e. The van der Waals surface area contributed by atoms with Crippen LogP contribution in [0.1, 0.15) is 41.6 Å². The van der Waals surface area contributed by atoms with Gasteiger partial charge < -0.3 is 10.2 Å². The summed E-state index contributed by atoms with van der Waals surface area (Å²) in [4.78, 5) is 14.4. The molecule has 0 aromatic heterocycles. The van der Waals surface area contributed by atoms with Crippen LogP contribution < -0.4 is 5.32 Å². The van der Waals surface area contributed by atoms with Crippen LogP contribution in [0.15, 0.2) is 24.3 Å². The topological polar surface area (TPSA) is 66.5 Å². The molecule has 0 radical (unpaired) electrons. The maximum atomic E-state index is 12.1. The van der Waals surface area contributed by atoms with Gasteiger partial charge in [0, 0.05) is 31.0 Å². The number of carbonyl (C=O) groups excluding carboxylic acids is 1. The van der Waals surface area contributed by atoms with E-state index in [1.165, 1.54) is 31.9 Å². The Kier molecular flexibility index (Phi) is 6.18. The van der Waals surface area contributed by atoms with Crippen LogP contribution in [-0.4, -0.2) is 51.7 Å². The van der Waals surface area contributed by atoms with E-state index in [-0.39, 0.29) is 11.7 Å². The van der Waals surface area contributed by atoms with Gasteiger partial charge in [-0.1, -0.05) is 25.0 Å². The van der Waals surface area contributed by atoms with E-state index in [2.05, 4.69) is 17.3 Å². The first-order chi connectivity index (χ1) is 10.8.